The van der Waals surface area contributed by atoms with Crippen molar-refractivity contribution >= 4 is 12.0 Å². The lowest BCUT2D eigenvalue weighted by atomic mass is 9.75. The first-order valence-electron chi connectivity index (χ1n) is 7.05. The molecular formula is C14H24N2O3. The molecule has 2 aliphatic rings. The summed E-state index contributed by atoms with van der Waals surface area (Å²) in [5, 5.41) is 8.82. The van der Waals surface area contributed by atoms with Crippen LogP contribution in [0.5, 0.6) is 0 Å². The summed E-state index contributed by atoms with van der Waals surface area (Å²) in [6.07, 6.45) is 2.09. The smallest absolute Gasteiger partial charge is 0.320 e. The molecule has 0 radical (unpaired) electrons. The van der Waals surface area contributed by atoms with Crippen molar-refractivity contribution in [2.45, 2.75) is 33.6 Å². The lowest BCUT2D eigenvalue weighted by Gasteiger charge is -2.43. The second kappa shape index (κ2) is 5.02. The minimum atomic E-state index is -0.796. The first kappa shape index (κ1) is 14.2. The highest BCUT2D eigenvalue weighted by Gasteiger charge is 2.39. The predicted octanol–water partition coefficient (Wildman–Crippen LogP) is 1.88. The van der Waals surface area contributed by atoms with E-state index in [0.717, 1.165) is 25.9 Å². The maximum absolute atomic E-state index is 12.2. The summed E-state index contributed by atoms with van der Waals surface area (Å²) in [4.78, 5) is 26.4. The topological polar surface area (TPSA) is 60.9 Å². The van der Waals surface area contributed by atoms with Crippen molar-refractivity contribution in [2.24, 2.45) is 17.3 Å². The number of nitrogens with zero attached hydrogens (tertiary/aromatic N) is 2. The molecular weight excluding hydrogens is 244 g/mol. The van der Waals surface area contributed by atoms with Crippen LogP contribution in [-0.4, -0.2) is 53.1 Å². The van der Waals surface area contributed by atoms with Gasteiger partial charge in [0.25, 0.3) is 0 Å². The second-order valence-electron chi connectivity index (χ2n) is 6.85. The Morgan fingerprint density at radius 3 is 2.00 bits per heavy atom. The summed E-state index contributed by atoms with van der Waals surface area (Å²) in [5.74, 6) is -0.494. The number of urea groups is 1. The molecule has 0 atom stereocenters. The van der Waals surface area contributed by atoms with Crippen LogP contribution in [0.1, 0.15) is 33.6 Å². The molecule has 108 valence electrons. The maximum atomic E-state index is 12.2. The molecule has 5 nitrogen and oxygen atoms in total. The van der Waals surface area contributed by atoms with Gasteiger partial charge in [0.05, 0.1) is 5.92 Å². The molecule has 5 heteroatoms. The van der Waals surface area contributed by atoms with Gasteiger partial charge < -0.3 is 14.9 Å². The zero-order chi connectivity index (χ0) is 14.2. The van der Waals surface area contributed by atoms with E-state index >= 15 is 0 Å². The molecule has 0 aromatic rings. The van der Waals surface area contributed by atoms with E-state index in [1.54, 1.807) is 4.90 Å². The number of carboxylic acids is 1. The van der Waals surface area contributed by atoms with Crippen molar-refractivity contribution in [2.75, 3.05) is 26.2 Å². The van der Waals surface area contributed by atoms with Crippen molar-refractivity contribution in [1.29, 1.82) is 0 Å². The Kier molecular flexibility index (Phi) is 3.74. The first-order valence-corrected chi connectivity index (χ1v) is 7.05. The zero-order valence-corrected chi connectivity index (χ0v) is 12.1. The maximum Gasteiger partial charge on any atom is 0.320 e. The molecule has 2 aliphatic heterocycles. The fraction of sp³-hybridized carbons (Fsp3) is 0.857. The lowest BCUT2D eigenvalue weighted by molar-refractivity contribution is -0.146. The number of hydrogen-bond donors (Lipinski definition) is 1. The Morgan fingerprint density at radius 1 is 1.05 bits per heavy atom. The Hall–Kier alpha value is -1.26. The van der Waals surface area contributed by atoms with Gasteiger partial charge in [-0.25, -0.2) is 4.79 Å². The highest BCUT2D eigenvalue weighted by molar-refractivity contribution is 5.79. The number of hydrogen-bond acceptors (Lipinski definition) is 2. The Morgan fingerprint density at radius 2 is 1.58 bits per heavy atom. The number of carboxylic acid groups (broad SMARTS) is 1. The Bertz CT molecular complexity index is 361. The third kappa shape index (κ3) is 3.01. The summed E-state index contributed by atoms with van der Waals surface area (Å²) in [6.45, 7) is 9.09. The normalized spacial score (nSPS) is 22.3. The highest BCUT2D eigenvalue weighted by Crippen LogP contribution is 2.34. The van der Waals surface area contributed by atoms with Crippen molar-refractivity contribution < 1.29 is 14.7 Å². The molecule has 0 unspecified atom stereocenters. The minimum absolute atomic E-state index is 0.0184. The van der Waals surface area contributed by atoms with Crippen molar-refractivity contribution in [3.05, 3.63) is 0 Å². The van der Waals surface area contributed by atoms with Gasteiger partial charge in [-0.3, -0.25) is 4.79 Å². The number of aliphatic carboxylic acids is 1. The average Bonchev–Trinajstić information content (AvgIpc) is 2.25. The fourth-order valence-corrected chi connectivity index (χ4v) is 2.93. The van der Waals surface area contributed by atoms with Crippen LogP contribution in [-0.2, 0) is 4.79 Å². The Balaban J connectivity index is 1.79. The molecule has 0 bridgehead atoms. The largest absolute Gasteiger partial charge is 0.481 e. The van der Waals surface area contributed by atoms with Gasteiger partial charge in [-0.15, -0.1) is 0 Å². The van der Waals surface area contributed by atoms with E-state index in [4.69, 9.17) is 5.11 Å². The highest BCUT2D eigenvalue weighted by atomic mass is 16.4. The summed E-state index contributed by atoms with van der Waals surface area (Å²) >= 11 is 0. The fourth-order valence-electron chi connectivity index (χ4n) is 2.93. The van der Waals surface area contributed by atoms with Crippen LogP contribution >= 0.6 is 0 Å². The molecule has 0 spiro atoms. The van der Waals surface area contributed by atoms with Crippen LogP contribution in [0.25, 0.3) is 0 Å². The van der Waals surface area contributed by atoms with E-state index < -0.39 is 5.97 Å². The van der Waals surface area contributed by atoms with Gasteiger partial charge in [-0.1, -0.05) is 20.8 Å². The number of rotatable bonds is 1. The van der Waals surface area contributed by atoms with Crippen molar-refractivity contribution in [1.82, 2.24) is 9.80 Å². The van der Waals surface area contributed by atoms with E-state index in [-0.39, 0.29) is 11.9 Å². The number of piperidine rings is 1. The summed E-state index contributed by atoms with van der Waals surface area (Å²) in [7, 11) is 0. The van der Waals surface area contributed by atoms with Crippen LogP contribution in [0.3, 0.4) is 0 Å². The zero-order valence-electron chi connectivity index (χ0n) is 12.1. The van der Waals surface area contributed by atoms with Crippen molar-refractivity contribution in [3.8, 4) is 0 Å². The van der Waals surface area contributed by atoms with E-state index in [2.05, 4.69) is 20.8 Å². The molecule has 2 rings (SSSR count). The number of carbonyl (C=O) groups excluding carboxylic acids is 1. The van der Waals surface area contributed by atoms with Gasteiger partial charge in [0.1, 0.15) is 0 Å². The van der Waals surface area contributed by atoms with E-state index in [1.165, 1.54) is 0 Å². The third-order valence-electron chi connectivity index (χ3n) is 4.49. The first-order chi connectivity index (χ1) is 8.79. The standard InChI is InChI=1S/C14H24N2O3/c1-14(2,3)11-4-6-15(7-5-11)13(19)16-8-10(9-16)12(17)18/h10-11H,4-9H2,1-3H3,(H,17,18). The van der Waals surface area contributed by atoms with Gasteiger partial charge in [0.15, 0.2) is 0 Å². The number of carbonyl (C=O) groups is 2. The van der Waals surface area contributed by atoms with E-state index in [0.29, 0.717) is 24.4 Å². The summed E-state index contributed by atoms with van der Waals surface area (Å²) < 4.78 is 0. The second-order valence-corrected chi connectivity index (χ2v) is 6.85. The molecule has 2 saturated heterocycles. The van der Waals surface area contributed by atoms with Crippen LogP contribution in [0, 0.1) is 17.3 Å². The molecule has 0 aromatic carbocycles. The molecule has 19 heavy (non-hydrogen) atoms. The van der Waals surface area contributed by atoms with Crippen LogP contribution in [0.4, 0.5) is 4.79 Å². The van der Waals surface area contributed by atoms with Gasteiger partial charge >= 0.3 is 12.0 Å². The molecule has 0 aliphatic carbocycles. The Labute approximate surface area is 114 Å². The van der Waals surface area contributed by atoms with Crippen LogP contribution in [0.2, 0.25) is 0 Å². The van der Waals surface area contributed by atoms with Crippen LogP contribution < -0.4 is 0 Å². The number of likely N-dealkylation sites (tertiary alicyclic amines) is 2. The van der Waals surface area contributed by atoms with Gasteiger partial charge in [0, 0.05) is 26.2 Å². The summed E-state index contributed by atoms with van der Waals surface area (Å²) in [6, 6.07) is 0.0184. The molecule has 2 heterocycles. The quantitative estimate of drug-likeness (QED) is 0.790. The van der Waals surface area contributed by atoms with Gasteiger partial charge in [-0.05, 0) is 24.2 Å². The monoisotopic (exact) mass is 268 g/mol. The lowest BCUT2D eigenvalue weighted by Crippen LogP contribution is -2.58. The van der Waals surface area contributed by atoms with E-state index in [9.17, 15) is 9.59 Å². The molecule has 0 saturated carbocycles. The molecule has 2 amide bonds. The van der Waals surface area contributed by atoms with E-state index in [1.807, 2.05) is 4.90 Å². The number of amides is 2. The third-order valence-corrected chi connectivity index (χ3v) is 4.49. The van der Waals surface area contributed by atoms with Crippen molar-refractivity contribution in [3.63, 3.8) is 0 Å². The van der Waals surface area contributed by atoms with Gasteiger partial charge in [-0.2, -0.15) is 0 Å². The minimum Gasteiger partial charge on any atom is -0.481 e. The van der Waals surface area contributed by atoms with Gasteiger partial charge in [0.2, 0.25) is 0 Å². The van der Waals surface area contributed by atoms with Crippen LogP contribution in [0.15, 0.2) is 0 Å². The SMILES string of the molecule is CC(C)(C)C1CCN(C(=O)N2CC(C(=O)O)C2)CC1. The molecule has 1 N–H and O–H groups in total. The predicted molar refractivity (Wildman–Crippen MR) is 71.8 cm³/mol. The summed E-state index contributed by atoms with van der Waals surface area (Å²) in [5.41, 5.74) is 0.306. The molecule has 0 aromatic heterocycles. The molecule has 2 fully saturated rings. The average molecular weight is 268 g/mol.